The molecule has 0 heterocycles. The summed E-state index contributed by atoms with van der Waals surface area (Å²) in [5.74, 6) is -3.01. The highest BCUT2D eigenvalue weighted by atomic mass is 16.4. The van der Waals surface area contributed by atoms with Crippen LogP contribution in [-0.2, 0) is 32.0 Å². The number of nitrogens with two attached hydrogens (primary N) is 1. The van der Waals surface area contributed by atoms with Crippen LogP contribution < -0.4 is 21.7 Å². The fourth-order valence-electron chi connectivity index (χ4n) is 4.24. The summed E-state index contributed by atoms with van der Waals surface area (Å²) in [5.41, 5.74) is 7.48. The highest BCUT2D eigenvalue weighted by Gasteiger charge is 2.33. The van der Waals surface area contributed by atoms with Crippen molar-refractivity contribution in [3.8, 4) is 5.75 Å². The summed E-state index contributed by atoms with van der Waals surface area (Å²) in [6, 6.07) is 11.1. The van der Waals surface area contributed by atoms with E-state index in [4.69, 9.17) is 5.73 Å². The molecule has 0 aliphatic rings. The minimum Gasteiger partial charge on any atom is -0.508 e. The quantitative estimate of drug-likeness (QED) is 0.196. The van der Waals surface area contributed by atoms with Gasteiger partial charge in [-0.05, 0) is 41.5 Å². The summed E-state index contributed by atoms with van der Waals surface area (Å²) in [6.45, 7) is 7.53. The lowest BCUT2D eigenvalue weighted by Gasteiger charge is -2.28. The van der Waals surface area contributed by atoms with Crippen LogP contribution in [-0.4, -0.2) is 58.1 Å². The van der Waals surface area contributed by atoms with Crippen molar-refractivity contribution in [1.29, 1.82) is 0 Å². The number of carboxylic acid groups (broad SMARTS) is 1. The molecule has 0 fully saturated rings. The van der Waals surface area contributed by atoms with Crippen LogP contribution >= 0.6 is 0 Å². The Morgan fingerprint density at radius 3 is 1.88 bits per heavy atom. The number of aliphatic carboxylic acids is 1. The Morgan fingerprint density at radius 2 is 1.32 bits per heavy atom. The van der Waals surface area contributed by atoms with Gasteiger partial charge in [0.15, 0.2) is 0 Å². The van der Waals surface area contributed by atoms with Gasteiger partial charge in [-0.1, -0.05) is 76.6 Å². The average molecular weight is 555 g/mol. The predicted molar refractivity (Wildman–Crippen MR) is 152 cm³/mol. The Balaban J connectivity index is 2.23. The third kappa shape index (κ3) is 10.3. The number of hydrogen-bond donors (Lipinski definition) is 6. The van der Waals surface area contributed by atoms with Crippen molar-refractivity contribution in [2.24, 2.45) is 17.6 Å². The lowest BCUT2D eigenvalue weighted by atomic mass is 9.96. The lowest BCUT2D eigenvalue weighted by Crippen LogP contribution is -2.59. The van der Waals surface area contributed by atoms with Crippen molar-refractivity contribution in [3.63, 3.8) is 0 Å². The van der Waals surface area contributed by atoms with E-state index in [0.29, 0.717) is 18.4 Å². The van der Waals surface area contributed by atoms with Gasteiger partial charge >= 0.3 is 5.97 Å². The molecule has 5 unspecified atom stereocenters. The zero-order valence-corrected chi connectivity index (χ0v) is 23.6. The zero-order valence-electron chi connectivity index (χ0n) is 23.6. The van der Waals surface area contributed by atoms with Crippen molar-refractivity contribution in [1.82, 2.24) is 16.0 Å². The molecule has 0 saturated carbocycles. The SMILES string of the molecule is CCC(C)C(NC(=O)C(Cc1ccccc1)NC(=O)C(N)CC(C)C)C(=O)NC(Cc1ccc(O)cc1)C(=O)O. The molecule has 10 heteroatoms. The maximum Gasteiger partial charge on any atom is 0.326 e. The van der Waals surface area contributed by atoms with Crippen molar-refractivity contribution in [2.75, 3.05) is 0 Å². The molecule has 0 saturated heterocycles. The summed E-state index contributed by atoms with van der Waals surface area (Å²) in [6.07, 6.45) is 1.15. The van der Waals surface area contributed by atoms with Crippen LogP contribution in [0.1, 0.15) is 51.7 Å². The second kappa shape index (κ2) is 15.6. The minimum absolute atomic E-state index is 0.0110. The molecule has 0 aliphatic heterocycles. The van der Waals surface area contributed by atoms with Crippen molar-refractivity contribution < 1.29 is 29.4 Å². The second-order valence-corrected chi connectivity index (χ2v) is 10.6. The Bertz CT molecular complexity index is 1120. The Labute approximate surface area is 235 Å². The first kappa shape index (κ1) is 32.3. The molecule has 218 valence electrons. The molecule has 0 spiro atoms. The van der Waals surface area contributed by atoms with E-state index >= 15 is 0 Å². The number of carbonyl (C=O) groups excluding carboxylic acids is 3. The van der Waals surface area contributed by atoms with Crippen LogP contribution in [0, 0.1) is 11.8 Å². The third-order valence-corrected chi connectivity index (χ3v) is 6.76. The van der Waals surface area contributed by atoms with E-state index in [1.165, 1.54) is 12.1 Å². The van der Waals surface area contributed by atoms with Crippen LogP contribution in [0.4, 0.5) is 0 Å². The topological polar surface area (TPSA) is 171 Å². The fraction of sp³-hybridized carbons (Fsp3) is 0.467. The first-order valence-corrected chi connectivity index (χ1v) is 13.6. The maximum atomic E-state index is 13.5. The van der Waals surface area contributed by atoms with Gasteiger partial charge in [-0.3, -0.25) is 14.4 Å². The number of phenolic OH excluding ortho intramolecular Hbond substituents is 1. The monoisotopic (exact) mass is 554 g/mol. The first-order valence-electron chi connectivity index (χ1n) is 13.6. The summed E-state index contributed by atoms with van der Waals surface area (Å²) in [4.78, 5) is 51.6. The van der Waals surface area contributed by atoms with Gasteiger partial charge in [0.2, 0.25) is 17.7 Å². The smallest absolute Gasteiger partial charge is 0.326 e. The standard InChI is InChI=1S/C30H42N4O6/c1-5-19(4)26(29(38)33-25(30(39)40)17-21-11-13-22(35)14-12-21)34-28(37)24(16-20-9-7-6-8-10-20)32-27(36)23(31)15-18(2)3/h6-14,18-19,23-26,35H,5,15-17,31H2,1-4H3,(H,32,36)(H,33,38)(H,34,37)(H,39,40). The largest absolute Gasteiger partial charge is 0.508 e. The number of carboxylic acids is 1. The fourth-order valence-corrected chi connectivity index (χ4v) is 4.24. The highest BCUT2D eigenvalue weighted by molar-refractivity contribution is 5.94. The van der Waals surface area contributed by atoms with E-state index in [1.807, 2.05) is 51.1 Å². The molecular formula is C30H42N4O6. The van der Waals surface area contributed by atoms with E-state index in [0.717, 1.165) is 5.56 Å². The molecule has 0 bridgehead atoms. The van der Waals surface area contributed by atoms with E-state index in [9.17, 15) is 29.4 Å². The highest BCUT2D eigenvalue weighted by Crippen LogP contribution is 2.14. The Morgan fingerprint density at radius 1 is 0.775 bits per heavy atom. The van der Waals surface area contributed by atoms with E-state index in [1.54, 1.807) is 19.1 Å². The molecule has 0 aromatic heterocycles. The van der Waals surface area contributed by atoms with Crippen molar-refractivity contribution in [3.05, 3.63) is 65.7 Å². The normalized spacial score (nSPS) is 14.8. The van der Waals surface area contributed by atoms with Crippen molar-refractivity contribution in [2.45, 2.75) is 77.5 Å². The molecule has 10 nitrogen and oxygen atoms in total. The predicted octanol–water partition coefficient (Wildman–Crippen LogP) is 2.14. The molecule has 7 N–H and O–H groups in total. The van der Waals surface area contributed by atoms with Gasteiger partial charge in [-0.25, -0.2) is 4.79 Å². The molecule has 2 aromatic rings. The van der Waals surface area contributed by atoms with Gasteiger partial charge < -0.3 is 31.9 Å². The van der Waals surface area contributed by atoms with Gasteiger partial charge in [0.1, 0.15) is 23.9 Å². The summed E-state index contributed by atoms with van der Waals surface area (Å²) >= 11 is 0. The molecular weight excluding hydrogens is 512 g/mol. The minimum atomic E-state index is -1.26. The zero-order chi connectivity index (χ0) is 29.8. The second-order valence-electron chi connectivity index (χ2n) is 10.6. The first-order chi connectivity index (χ1) is 18.9. The van der Waals surface area contributed by atoms with E-state index < -0.39 is 47.9 Å². The number of benzene rings is 2. The molecule has 2 rings (SSSR count). The molecule has 0 aliphatic carbocycles. The van der Waals surface area contributed by atoms with Crippen molar-refractivity contribution >= 4 is 23.7 Å². The third-order valence-electron chi connectivity index (χ3n) is 6.76. The molecule has 40 heavy (non-hydrogen) atoms. The van der Waals surface area contributed by atoms with Crippen LogP contribution in [0.2, 0.25) is 0 Å². The number of phenols is 1. The van der Waals surface area contributed by atoms with Crippen LogP contribution in [0.15, 0.2) is 54.6 Å². The molecule has 2 aromatic carbocycles. The Hall–Kier alpha value is -3.92. The van der Waals surface area contributed by atoms with E-state index in [2.05, 4.69) is 16.0 Å². The number of amides is 3. The molecule has 0 radical (unpaired) electrons. The van der Waals surface area contributed by atoms with Crippen LogP contribution in [0.25, 0.3) is 0 Å². The maximum absolute atomic E-state index is 13.5. The summed E-state index contributed by atoms with van der Waals surface area (Å²) in [7, 11) is 0. The number of aromatic hydroxyl groups is 1. The van der Waals surface area contributed by atoms with Gasteiger partial charge in [0.25, 0.3) is 0 Å². The number of hydrogen-bond acceptors (Lipinski definition) is 6. The Kier molecular flexibility index (Phi) is 12.6. The van der Waals surface area contributed by atoms with Crippen LogP contribution in [0.3, 0.4) is 0 Å². The van der Waals surface area contributed by atoms with Gasteiger partial charge in [0, 0.05) is 12.8 Å². The van der Waals surface area contributed by atoms with Gasteiger partial charge in [-0.15, -0.1) is 0 Å². The van der Waals surface area contributed by atoms with Gasteiger partial charge in [-0.2, -0.15) is 0 Å². The lowest BCUT2D eigenvalue weighted by molar-refractivity contribution is -0.142. The summed E-state index contributed by atoms with van der Waals surface area (Å²) in [5, 5.41) is 27.3. The molecule has 5 atom stereocenters. The van der Waals surface area contributed by atoms with E-state index in [-0.39, 0.29) is 30.4 Å². The molecule has 3 amide bonds. The average Bonchev–Trinajstić information content (AvgIpc) is 2.91. The number of carbonyl (C=O) groups is 4. The van der Waals surface area contributed by atoms with Gasteiger partial charge in [0.05, 0.1) is 6.04 Å². The number of rotatable bonds is 15. The van der Waals surface area contributed by atoms with Crippen LogP contribution in [0.5, 0.6) is 5.75 Å². The number of nitrogens with one attached hydrogen (secondary N) is 3. The summed E-state index contributed by atoms with van der Waals surface area (Å²) < 4.78 is 0.